The van der Waals surface area contributed by atoms with Gasteiger partial charge in [-0.1, -0.05) is 32.9 Å². The summed E-state index contributed by atoms with van der Waals surface area (Å²) >= 11 is 0. The van der Waals surface area contributed by atoms with Crippen molar-refractivity contribution in [2.24, 2.45) is 5.41 Å². The number of nitrogens with one attached hydrogen (secondary N) is 2. The van der Waals surface area contributed by atoms with Crippen LogP contribution in [0.25, 0.3) is 0 Å². The lowest BCUT2D eigenvalue weighted by Gasteiger charge is -2.24. The van der Waals surface area contributed by atoms with Crippen LogP contribution < -0.4 is 10.6 Å². The number of benzene rings is 1. The van der Waals surface area contributed by atoms with Crippen molar-refractivity contribution in [1.82, 2.24) is 10.6 Å². The van der Waals surface area contributed by atoms with Crippen LogP contribution >= 0.6 is 0 Å². The molecule has 0 heterocycles. The Morgan fingerprint density at radius 3 is 2.28 bits per heavy atom. The standard InChI is InChI=1S/C15H24N2O/c1-5-12-6-8-13(9-7-12)14(18)17-11-15(2,3)10-16-4/h6-9,16H,5,10-11H2,1-4H3,(H,17,18). The van der Waals surface area contributed by atoms with Crippen LogP contribution in [0, 0.1) is 5.41 Å². The molecule has 0 aliphatic carbocycles. The van der Waals surface area contributed by atoms with Crippen LogP contribution in [-0.4, -0.2) is 26.0 Å². The third-order valence-electron chi connectivity index (χ3n) is 3.01. The van der Waals surface area contributed by atoms with E-state index in [1.54, 1.807) is 0 Å². The minimum atomic E-state index is 0.00170. The van der Waals surface area contributed by atoms with Crippen molar-refractivity contribution in [3.05, 3.63) is 35.4 Å². The first kappa shape index (κ1) is 14.7. The van der Waals surface area contributed by atoms with E-state index in [4.69, 9.17) is 0 Å². The van der Waals surface area contributed by atoms with Crippen molar-refractivity contribution < 1.29 is 4.79 Å². The van der Waals surface area contributed by atoms with Crippen molar-refractivity contribution in [2.45, 2.75) is 27.2 Å². The lowest BCUT2D eigenvalue weighted by Crippen LogP contribution is -2.39. The van der Waals surface area contributed by atoms with Crippen molar-refractivity contribution in [3.63, 3.8) is 0 Å². The van der Waals surface area contributed by atoms with Gasteiger partial charge >= 0.3 is 0 Å². The molecule has 18 heavy (non-hydrogen) atoms. The van der Waals surface area contributed by atoms with Gasteiger partial charge in [0.05, 0.1) is 0 Å². The number of hydrogen-bond donors (Lipinski definition) is 2. The second kappa shape index (κ2) is 6.55. The SMILES string of the molecule is CCc1ccc(C(=O)NCC(C)(C)CNC)cc1. The van der Waals surface area contributed by atoms with Gasteiger partial charge < -0.3 is 10.6 Å². The molecule has 0 spiro atoms. The van der Waals surface area contributed by atoms with E-state index in [1.165, 1.54) is 5.56 Å². The van der Waals surface area contributed by atoms with Crippen molar-refractivity contribution in [3.8, 4) is 0 Å². The molecule has 100 valence electrons. The summed E-state index contributed by atoms with van der Waals surface area (Å²) in [7, 11) is 1.92. The van der Waals surface area contributed by atoms with E-state index in [0.29, 0.717) is 6.54 Å². The Labute approximate surface area is 110 Å². The topological polar surface area (TPSA) is 41.1 Å². The van der Waals surface area contributed by atoms with Gasteiger partial charge in [-0.25, -0.2) is 0 Å². The van der Waals surface area contributed by atoms with Crippen molar-refractivity contribution >= 4 is 5.91 Å². The number of rotatable bonds is 6. The lowest BCUT2D eigenvalue weighted by atomic mass is 9.93. The van der Waals surface area contributed by atoms with Gasteiger partial charge in [0.1, 0.15) is 0 Å². The van der Waals surface area contributed by atoms with E-state index in [9.17, 15) is 4.79 Å². The Balaban J connectivity index is 2.54. The fraction of sp³-hybridized carbons (Fsp3) is 0.533. The smallest absolute Gasteiger partial charge is 0.251 e. The van der Waals surface area contributed by atoms with Crippen molar-refractivity contribution in [1.29, 1.82) is 0 Å². The lowest BCUT2D eigenvalue weighted by molar-refractivity contribution is 0.0936. The maximum absolute atomic E-state index is 12.0. The van der Waals surface area contributed by atoms with Crippen LogP contribution in [0.2, 0.25) is 0 Å². The average Bonchev–Trinajstić information content (AvgIpc) is 2.36. The number of aryl methyl sites for hydroxylation is 1. The van der Waals surface area contributed by atoms with E-state index in [2.05, 4.69) is 31.4 Å². The van der Waals surface area contributed by atoms with Gasteiger partial charge in [0.25, 0.3) is 5.91 Å². The fourth-order valence-electron chi connectivity index (χ4n) is 1.85. The third kappa shape index (κ3) is 4.49. The molecule has 0 radical (unpaired) electrons. The monoisotopic (exact) mass is 248 g/mol. The molecule has 0 atom stereocenters. The number of hydrogen-bond acceptors (Lipinski definition) is 2. The zero-order valence-electron chi connectivity index (χ0n) is 11.8. The van der Waals surface area contributed by atoms with Crippen LogP contribution in [0.3, 0.4) is 0 Å². The summed E-state index contributed by atoms with van der Waals surface area (Å²) < 4.78 is 0. The Hall–Kier alpha value is -1.35. The quantitative estimate of drug-likeness (QED) is 0.810. The molecule has 3 nitrogen and oxygen atoms in total. The summed E-state index contributed by atoms with van der Waals surface area (Å²) in [4.78, 5) is 12.0. The molecule has 1 rings (SSSR count). The summed E-state index contributed by atoms with van der Waals surface area (Å²) in [5.74, 6) is 0.00170. The molecule has 1 aromatic rings. The van der Waals surface area contributed by atoms with Gasteiger partial charge in [-0.15, -0.1) is 0 Å². The van der Waals surface area contributed by atoms with E-state index in [0.717, 1.165) is 18.5 Å². The Morgan fingerprint density at radius 2 is 1.78 bits per heavy atom. The predicted molar refractivity (Wildman–Crippen MR) is 75.9 cm³/mol. The zero-order valence-corrected chi connectivity index (χ0v) is 11.8. The highest BCUT2D eigenvalue weighted by atomic mass is 16.1. The molecule has 0 fully saturated rings. The Bertz CT molecular complexity index is 382. The highest BCUT2D eigenvalue weighted by Crippen LogP contribution is 2.12. The maximum atomic E-state index is 12.0. The summed E-state index contributed by atoms with van der Waals surface area (Å²) in [5, 5.41) is 6.12. The number of carbonyl (C=O) groups is 1. The van der Waals surface area contributed by atoms with Gasteiger partial charge in [0.15, 0.2) is 0 Å². The molecule has 0 aliphatic rings. The van der Waals surface area contributed by atoms with Crippen LogP contribution in [0.1, 0.15) is 36.7 Å². The largest absolute Gasteiger partial charge is 0.351 e. The highest BCUT2D eigenvalue weighted by Gasteiger charge is 2.18. The van der Waals surface area contributed by atoms with Gasteiger partial charge in [0, 0.05) is 18.7 Å². The second-order valence-corrected chi connectivity index (χ2v) is 5.43. The van der Waals surface area contributed by atoms with Crippen LogP contribution in [0.15, 0.2) is 24.3 Å². The summed E-state index contributed by atoms with van der Waals surface area (Å²) in [6.45, 7) is 7.91. The molecule has 0 unspecified atom stereocenters. The van der Waals surface area contributed by atoms with Gasteiger partial charge in [0.2, 0.25) is 0 Å². The summed E-state index contributed by atoms with van der Waals surface area (Å²) in [5.41, 5.74) is 2.04. The van der Waals surface area contributed by atoms with Crippen LogP contribution in [0.4, 0.5) is 0 Å². The highest BCUT2D eigenvalue weighted by molar-refractivity contribution is 5.94. The second-order valence-electron chi connectivity index (χ2n) is 5.43. The minimum absolute atomic E-state index is 0.00170. The number of amides is 1. The molecule has 0 aromatic heterocycles. The maximum Gasteiger partial charge on any atom is 0.251 e. The predicted octanol–water partition coefficient (Wildman–Crippen LogP) is 2.22. The first-order valence-corrected chi connectivity index (χ1v) is 6.50. The third-order valence-corrected chi connectivity index (χ3v) is 3.01. The molecule has 2 N–H and O–H groups in total. The van der Waals surface area contributed by atoms with Crippen molar-refractivity contribution in [2.75, 3.05) is 20.1 Å². The zero-order chi connectivity index (χ0) is 13.6. The average molecular weight is 248 g/mol. The minimum Gasteiger partial charge on any atom is -0.351 e. The summed E-state index contributed by atoms with van der Waals surface area (Å²) in [6, 6.07) is 7.79. The van der Waals surface area contributed by atoms with Gasteiger partial charge in [-0.05, 0) is 36.6 Å². The fourth-order valence-corrected chi connectivity index (χ4v) is 1.85. The molecule has 1 amide bonds. The molecule has 3 heteroatoms. The van der Waals surface area contributed by atoms with Gasteiger partial charge in [-0.2, -0.15) is 0 Å². The molecule has 0 saturated heterocycles. The molecule has 1 aromatic carbocycles. The van der Waals surface area contributed by atoms with E-state index in [1.807, 2.05) is 31.3 Å². The van der Waals surface area contributed by atoms with E-state index >= 15 is 0 Å². The first-order chi connectivity index (χ1) is 8.48. The van der Waals surface area contributed by atoms with Gasteiger partial charge in [-0.3, -0.25) is 4.79 Å². The number of carbonyl (C=O) groups excluding carboxylic acids is 1. The molecule has 0 saturated carbocycles. The normalized spacial score (nSPS) is 11.3. The van der Waals surface area contributed by atoms with E-state index in [-0.39, 0.29) is 11.3 Å². The molecular formula is C15H24N2O. The molecular weight excluding hydrogens is 224 g/mol. The molecule has 0 aliphatic heterocycles. The first-order valence-electron chi connectivity index (χ1n) is 6.50. The Morgan fingerprint density at radius 1 is 1.17 bits per heavy atom. The van der Waals surface area contributed by atoms with E-state index < -0.39 is 0 Å². The van der Waals surface area contributed by atoms with Crippen LogP contribution in [-0.2, 0) is 6.42 Å². The summed E-state index contributed by atoms with van der Waals surface area (Å²) in [6.07, 6.45) is 0.997. The Kier molecular flexibility index (Phi) is 5.35. The van der Waals surface area contributed by atoms with Crippen LogP contribution in [0.5, 0.6) is 0 Å². The molecule has 0 bridgehead atoms.